The minimum absolute atomic E-state index is 0.685. The van der Waals surface area contributed by atoms with Gasteiger partial charge in [-0.25, -0.2) is 0 Å². The Balaban J connectivity index is 2.83. The molecule has 0 aromatic heterocycles. The maximum Gasteiger partial charge on any atom is 0.271 e. The molecule has 0 aliphatic rings. The first-order valence-electron chi connectivity index (χ1n) is 1.39. The van der Waals surface area contributed by atoms with E-state index in [1.165, 1.54) is 0 Å². The molecule has 1 radical (unpaired) electrons. The van der Waals surface area contributed by atoms with Gasteiger partial charge in [-0.05, 0) is 0 Å². The van der Waals surface area contributed by atoms with Gasteiger partial charge in [0.05, 0.1) is 0 Å². The zero-order valence-corrected chi connectivity index (χ0v) is 4.59. The van der Waals surface area contributed by atoms with Crippen molar-refractivity contribution in [2.75, 3.05) is 14.1 Å². The molecule has 1 atom stereocenters. The van der Waals surface area contributed by atoms with Gasteiger partial charge in [-0.15, -0.1) is 4.67 Å². The molecule has 0 bridgehead atoms. The zero-order chi connectivity index (χ0) is 4.28. The second-order valence-corrected chi connectivity index (χ2v) is 2.31. The van der Waals surface area contributed by atoms with E-state index in [4.69, 9.17) is 0 Å². The maximum atomic E-state index is 9.64. The summed E-state index contributed by atoms with van der Waals surface area (Å²) in [6.07, 6.45) is 0. The van der Waals surface area contributed by atoms with E-state index in [-0.39, 0.29) is 0 Å². The molecule has 3 heteroatoms. The fraction of sp³-hybridized carbons (Fsp3) is 1.00. The first-order valence-corrected chi connectivity index (χ1v) is 2.38. The van der Waals surface area contributed by atoms with E-state index in [0.717, 1.165) is 0 Å². The molecule has 0 saturated heterocycles. The van der Waals surface area contributed by atoms with Crippen LogP contribution in [0.25, 0.3) is 0 Å². The molecule has 5 heavy (non-hydrogen) atoms. The molecule has 0 aromatic carbocycles. The molecule has 31 valence electrons. The SMILES string of the molecule is C[N+](C)[PH2]=O. The summed E-state index contributed by atoms with van der Waals surface area (Å²) >= 11 is 0. The topological polar surface area (TPSA) is 23.0 Å². The number of rotatable bonds is 1. The third kappa shape index (κ3) is 4.19. The van der Waals surface area contributed by atoms with Gasteiger partial charge in [0.25, 0.3) is 8.61 Å². The highest BCUT2D eigenvalue weighted by atomic mass is 31.1. The average molecular weight is 93.1 g/mol. The van der Waals surface area contributed by atoms with E-state index in [0.29, 0.717) is 0 Å². The summed E-state index contributed by atoms with van der Waals surface area (Å²) in [5, 5.41) is 0. The Bertz CT molecular complexity index is 36.6. The molecular formula is C2H8NOP+. The van der Waals surface area contributed by atoms with Gasteiger partial charge in [-0.1, -0.05) is 0 Å². The molecule has 0 rings (SSSR count). The lowest BCUT2D eigenvalue weighted by Crippen LogP contribution is -1.99. The summed E-state index contributed by atoms with van der Waals surface area (Å²) < 4.78 is 11.3. The third-order valence-corrected chi connectivity index (χ3v) is 0.632. The molecule has 0 heterocycles. The summed E-state index contributed by atoms with van der Waals surface area (Å²) in [6.45, 7) is 0. The fourth-order valence-corrected chi connectivity index (χ4v) is 0. The van der Waals surface area contributed by atoms with Gasteiger partial charge in [0.1, 0.15) is 14.1 Å². The van der Waals surface area contributed by atoms with Gasteiger partial charge in [-0.2, -0.15) is 0 Å². The van der Waals surface area contributed by atoms with Gasteiger partial charge < -0.3 is 0 Å². The summed E-state index contributed by atoms with van der Waals surface area (Å²) in [4.78, 5) is 0. The summed E-state index contributed by atoms with van der Waals surface area (Å²) in [5.41, 5.74) is 0. The molecule has 0 amide bonds. The Morgan fingerprint density at radius 1 is 1.60 bits per heavy atom. The van der Waals surface area contributed by atoms with Gasteiger partial charge >= 0.3 is 0 Å². The standard InChI is InChI=1S/C2H8NOP/c1-3(2)5-4/h5H2,1-2H3/q+1. The van der Waals surface area contributed by atoms with Crippen LogP contribution in [0.15, 0.2) is 0 Å². The first-order chi connectivity index (χ1) is 2.27. The fourth-order valence-electron chi connectivity index (χ4n) is 0. The molecule has 0 N–H and O–H groups in total. The van der Waals surface area contributed by atoms with Crippen LogP contribution in [-0.2, 0) is 4.57 Å². The van der Waals surface area contributed by atoms with Gasteiger partial charge in [0.2, 0.25) is 0 Å². The van der Waals surface area contributed by atoms with Gasteiger partial charge in [0.15, 0.2) is 0 Å². The quantitative estimate of drug-likeness (QED) is 0.420. The first kappa shape index (κ1) is 5.19. The highest BCUT2D eigenvalue weighted by Crippen LogP contribution is 1.85. The summed E-state index contributed by atoms with van der Waals surface area (Å²) in [7, 11) is 2.87. The number of nitrogens with zero attached hydrogens (tertiary/aromatic N) is 1. The van der Waals surface area contributed by atoms with Crippen LogP contribution in [-0.4, -0.2) is 14.1 Å². The van der Waals surface area contributed by atoms with Crippen molar-refractivity contribution in [2.45, 2.75) is 0 Å². The average Bonchev–Trinajstić information content (AvgIpc) is 1.38. The second kappa shape index (κ2) is 2.43. The Morgan fingerprint density at radius 2 is 1.80 bits per heavy atom. The summed E-state index contributed by atoms with van der Waals surface area (Å²) in [6, 6.07) is 0. The van der Waals surface area contributed by atoms with E-state index in [9.17, 15) is 4.57 Å². The molecule has 0 aliphatic heterocycles. The lowest BCUT2D eigenvalue weighted by molar-refractivity contribution is 0.581. The maximum absolute atomic E-state index is 9.64. The number of hydrogen-bond acceptors (Lipinski definition) is 1. The van der Waals surface area contributed by atoms with E-state index in [1.54, 1.807) is 18.8 Å². The van der Waals surface area contributed by atoms with Crippen LogP contribution in [0.1, 0.15) is 0 Å². The Morgan fingerprint density at radius 3 is 1.80 bits per heavy atom. The predicted octanol–water partition coefficient (Wildman–Crippen LogP) is 0.0574. The van der Waals surface area contributed by atoms with Crippen LogP contribution in [0.3, 0.4) is 0 Å². The molecular weight excluding hydrogens is 85.0 g/mol. The lowest BCUT2D eigenvalue weighted by Gasteiger charge is -1.78. The van der Waals surface area contributed by atoms with Crippen molar-refractivity contribution in [2.24, 2.45) is 0 Å². The van der Waals surface area contributed by atoms with Gasteiger partial charge in [0, 0.05) is 0 Å². The smallest absolute Gasteiger partial charge is 0.259 e. The van der Waals surface area contributed by atoms with Crippen molar-refractivity contribution in [3.63, 3.8) is 0 Å². The van der Waals surface area contributed by atoms with E-state index in [2.05, 4.69) is 0 Å². The van der Waals surface area contributed by atoms with Crippen molar-refractivity contribution in [1.29, 1.82) is 0 Å². The van der Waals surface area contributed by atoms with Crippen molar-refractivity contribution in [3.8, 4) is 0 Å². The van der Waals surface area contributed by atoms with Gasteiger partial charge in [-0.3, -0.25) is 4.57 Å². The molecule has 0 aliphatic carbocycles. The van der Waals surface area contributed by atoms with E-state index in [1.807, 2.05) is 0 Å². The second-order valence-electron chi connectivity index (χ2n) is 1.07. The Kier molecular flexibility index (Phi) is 2.52. The molecule has 2 nitrogen and oxygen atoms in total. The van der Waals surface area contributed by atoms with Crippen LogP contribution in [0.4, 0.5) is 0 Å². The Hall–Kier alpha value is 0.190. The largest absolute Gasteiger partial charge is 0.271 e. The van der Waals surface area contributed by atoms with Crippen molar-refractivity contribution >= 4 is 8.61 Å². The molecule has 0 spiro atoms. The van der Waals surface area contributed by atoms with E-state index < -0.39 is 8.61 Å². The monoisotopic (exact) mass is 93.0 g/mol. The number of hydrogen-bond donors (Lipinski definition) is 0. The van der Waals surface area contributed by atoms with Crippen molar-refractivity contribution < 1.29 is 4.57 Å². The normalized spacial score (nSPS) is 11.8. The molecule has 1 unspecified atom stereocenters. The molecule has 0 fully saturated rings. The summed E-state index contributed by atoms with van der Waals surface area (Å²) in [5.74, 6) is 0. The van der Waals surface area contributed by atoms with Crippen LogP contribution in [0.2, 0.25) is 0 Å². The Labute approximate surface area is 33.0 Å². The highest BCUT2D eigenvalue weighted by molar-refractivity contribution is 7.21. The van der Waals surface area contributed by atoms with Crippen LogP contribution >= 0.6 is 8.61 Å². The minimum Gasteiger partial charge on any atom is -0.259 e. The van der Waals surface area contributed by atoms with Crippen LogP contribution in [0.5, 0.6) is 0 Å². The van der Waals surface area contributed by atoms with Crippen LogP contribution < -0.4 is 4.67 Å². The van der Waals surface area contributed by atoms with E-state index >= 15 is 0 Å². The van der Waals surface area contributed by atoms with Crippen LogP contribution in [0, 0.1) is 0 Å². The highest BCUT2D eigenvalue weighted by Gasteiger charge is 1.81. The zero-order valence-electron chi connectivity index (χ0n) is 3.43. The minimum atomic E-state index is -0.685. The predicted molar refractivity (Wildman–Crippen MR) is 24.4 cm³/mol. The molecule has 0 aromatic rings. The van der Waals surface area contributed by atoms with Crippen molar-refractivity contribution in [3.05, 3.63) is 0 Å². The molecule has 0 saturated carbocycles. The third-order valence-electron chi connectivity index (χ3n) is 0.211. The lowest BCUT2D eigenvalue weighted by atomic mass is 11.3. The van der Waals surface area contributed by atoms with Crippen molar-refractivity contribution in [1.82, 2.24) is 4.67 Å².